The monoisotopic (exact) mass is 486 g/mol. The van der Waals surface area contributed by atoms with E-state index in [1.54, 1.807) is 0 Å². The zero-order valence-electron chi connectivity index (χ0n) is 17.0. The number of halogens is 7. The summed E-state index contributed by atoms with van der Waals surface area (Å²) in [6, 6.07) is 4.85. The molecule has 3 aromatic rings. The largest absolute Gasteiger partial charge is 0.433 e. The van der Waals surface area contributed by atoms with Crippen LogP contribution in [0.15, 0.2) is 48.8 Å². The lowest BCUT2D eigenvalue weighted by atomic mass is 10.0. The molecule has 0 atom stereocenters. The van der Waals surface area contributed by atoms with Gasteiger partial charge in [0.05, 0.1) is 11.9 Å². The number of nitrogens with zero attached hydrogens (tertiary/aromatic N) is 3. The summed E-state index contributed by atoms with van der Waals surface area (Å²) in [6.07, 6.45) is -8.61. The van der Waals surface area contributed by atoms with Crippen molar-refractivity contribution in [3.05, 3.63) is 77.1 Å². The molecular formula is C21H13F7N4O2. The number of anilines is 1. The van der Waals surface area contributed by atoms with Gasteiger partial charge in [0.15, 0.2) is 0 Å². The quantitative estimate of drug-likeness (QED) is 0.506. The summed E-state index contributed by atoms with van der Waals surface area (Å²) in [4.78, 5) is 31.8. The second-order valence-electron chi connectivity index (χ2n) is 6.88. The third kappa shape index (κ3) is 4.67. The third-order valence-electron chi connectivity index (χ3n) is 4.69. The number of pyridine rings is 2. The molecule has 0 aliphatic rings. The average Bonchev–Trinajstić information content (AvgIpc) is 2.73. The third-order valence-corrected chi connectivity index (χ3v) is 4.69. The van der Waals surface area contributed by atoms with Crippen LogP contribution in [0.4, 0.5) is 41.2 Å². The number of amides is 3. The zero-order valence-corrected chi connectivity index (χ0v) is 17.0. The highest BCUT2D eigenvalue weighted by atomic mass is 19.4. The van der Waals surface area contributed by atoms with Gasteiger partial charge in [-0.1, -0.05) is 18.2 Å². The minimum atomic E-state index is -5.34. The van der Waals surface area contributed by atoms with Crippen LogP contribution in [0.1, 0.15) is 27.3 Å². The average molecular weight is 486 g/mol. The Morgan fingerprint density at radius 1 is 0.971 bits per heavy atom. The fourth-order valence-electron chi connectivity index (χ4n) is 3.17. The van der Waals surface area contributed by atoms with E-state index in [0.717, 1.165) is 19.2 Å². The Kier molecular flexibility index (Phi) is 6.31. The van der Waals surface area contributed by atoms with Gasteiger partial charge in [0.1, 0.15) is 17.2 Å². The number of nitrogens with two attached hydrogens (primary N) is 1. The Morgan fingerprint density at radius 3 is 2.18 bits per heavy atom. The summed E-state index contributed by atoms with van der Waals surface area (Å²) < 4.78 is 94.2. The smallest absolute Gasteiger partial charge is 0.351 e. The molecule has 2 heterocycles. The highest BCUT2D eigenvalue weighted by Crippen LogP contribution is 2.38. The first-order chi connectivity index (χ1) is 15.7. The molecule has 13 heteroatoms. The lowest BCUT2D eigenvalue weighted by Crippen LogP contribution is -2.42. The number of hydrogen-bond donors (Lipinski definition) is 1. The Labute approximate surface area is 186 Å². The lowest BCUT2D eigenvalue weighted by Gasteiger charge is -2.23. The Morgan fingerprint density at radius 2 is 1.62 bits per heavy atom. The number of hydrogen-bond acceptors (Lipinski definition) is 4. The van der Waals surface area contributed by atoms with Crippen LogP contribution in [0.3, 0.4) is 0 Å². The predicted octanol–water partition coefficient (Wildman–Crippen LogP) is 5.35. The summed E-state index contributed by atoms with van der Waals surface area (Å²) in [7, 11) is 0. The van der Waals surface area contributed by atoms with Gasteiger partial charge >= 0.3 is 18.4 Å². The molecule has 34 heavy (non-hydrogen) atoms. The van der Waals surface area contributed by atoms with Gasteiger partial charge < -0.3 is 5.73 Å². The number of primary amides is 1. The van der Waals surface area contributed by atoms with Crippen molar-refractivity contribution in [2.45, 2.75) is 19.3 Å². The van der Waals surface area contributed by atoms with Crippen molar-refractivity contribution in [1.82, 2.24) is 9.97 Å². The van der Waals surface area contributed by atoms with Crippen LogP contribution in [0.5, 0.6) is 0 Å². The molecule has 3 rings (SSSR count). The summed E-state index contributed by atoms with van der Waals surface area (Å²) in [5.74, 6) is -2.40. The van der Waals surface area contributed by atoms with E-state index in [4.69, 9.17) is 5.73 Å². The minimum absolute atomic E-state index is 0.0853. The van der Waals surface area contributed by atoms with Crippen molar-refractivity contribution in [2.24, 2.45) is 5.73 Å². The molecule has 0 bridgehead atoms. The van der Waals surface area contributed by atoms with E-state index in [1.807, 2.05) is 0 Å². The number of carbonyl (C=O) groups excluding carboxylic acids is 2. The first-order valence-electron chi connectivity index (χ1n) is 9.22. The van der Waals surface area contributed by atoms with Crippen molar-refractivity contribution < 1.29 is 40.3 Å². The number of benzene rings is 1. The standard InChI is InChI=1S/C21H13F7N4O2/c1-10-13(8-16(20(23,24)25)31-17(10)21(26,27)28)18(33)32(19(29)34)15-9-30-7-6-12(15)11-4-2-3-5-14(11)22/h2-9H,1H3,(H2,29,34). The second-order valence-corrected chi connectivity index (χ2v) is 6.88. The van der Waals surface area contributed by atoms with E-state index < -0.39 is 58.3 Å². The molecule has 0 aliphatic heterocycles. The van der Waals surface area contributed by atoms with Crippen LogP contribution in [0.25, 0.3) is 11.1 Å². The highest BCUT2D eigenvalue weighted by Gasteiger charge is 2.42. The van der Waals surface area contributed by atoms with Gasteiger partial charge in [-0.25, -0.2) is 19.1 Å². The first-order valence-corrected chi connectivity index (χ1v) is 9.22. The van der Waals surface area contributed by atoms with Gasteiger partial charge in [-0.05, 0) is 30.7 Å². The number of carbonyl (C=O) groups is 2. The number of rotatable bonds is 3. The predicted molar refractivity (Wildman–Crippen MR) is 105 cm³/mol. The SMILES string of the molecule is Cc1c(C(=O)N(C(N)=O)c2cnccc2-c2ccccc2F)cc(C(F)(F)F)nc1C(F)(F)F. The molecular weight excluding hydrogens is 473 g/mol. The first kappa shape index (κ1) is 24.6. The lowest BCUT2D eigenvalue weighted by molar-refractivity contribution is -0.150. The molecule has 2 N–H and O–H groups in total. The molecule has 178 valence electrons. The maximum atomic E-state index is 14.4. The molecule has 3 amide bonds. The van der Waals surface area contributed by atoms with Crippen LogP contribution in [0.2, 0.25) is 0 Å². The normalized spacial score (nSPS) is 11.9. The van der Waals surface area contributed by atoms with Gasteiger partial charge in [-0.2, -0.15) is 26.3 Å². The van der Waals surface area contributed by atoms with E-state index in [9.17, 15) is 40.3 Å². The number of alkyl halides is 6. The fraction of sp³-hybridized carbons (Fsp3) is 0.143. The van der Waals surface area contributed by atoms with Gasteiger partial charge in [0.2, 0.25) is 0 Å². The van der Waals surface area contributed by atoms with Crippen molar-refractivity contribution >= 4 is 17.6 Å². The molecule has 0 spiro atoms. The zero-order chi connectivity index (χ0) is 25.4. The molecule has 0 radical (unpaired) electrons. The van der Waals surface area contributed by atoms with Crippen molar-refractivity contribution in [2.75, 3.05) is 4.90 Å². The van der Waals surface area contributed by atoms with Crippen molar-refractivity contribution in [3.63, 3.8) is 0 Å². The molecule has 0 unspecified atom stereocenters. The number of aromatic nitrogens is 2. The van der Waals surface area contributed by atoms with Gasteiger partial charge in [0.25, 0.3) is 5.91 Å². The molecule has 2 aromatic heterocycles. The van der Waals surface area contributed by atoms with E-state index in [0.29, 0.717) is 0 Å². The molecule has 0 saturated carbocycles. The minimum Gasteiger partial charge on any atom is -0.351 e. The van der Waals surface area contributed by atoms with E-state index in [-0.39, 0.29) is 22.1 Å². The summed E-state index contributed by atoms with van der Waals surface area (Å²) in [5, 5.41) is 0. The van der Waals surface area contributed by atoms with Crippen molar-refractivity contribution in [3.8, 4) is 11.1 Å². The summed E-state index contributed by atoms with van der Waals surface area (Å²) >= 11 is 0. The van der Waals surface area contributed by atoms with Crippen molar-refractivity contribution in [1.29, 1.82) is 0 Å². The van der Waals surface area contributed by atoms with Crippen LogP contribution in [-0.4, -0.2) is 21.9 Å². The van der Waals surface area contributed by atoms with Gasteiger partial charge in [0, 0.05) is 22.9 Å². The second kappa shape index (κ2) is 8.72. The fourth-order valence-corrected chi connectivity index (χ4v) is 3.17. The van der Waals surface area contributed by atoms with Crippen LogP contribution >= 0.6 is 0 Å². The van der Waals surface area contributed by atoms with E-state index >= 15 is 0 Å². The van der Waals surface area contributed by atoms with E-state index in [2.05, 4.69) is 9.97 Å². The highest BCUT2D eigenvalue weighted by molar-refractivity contribution is 6.22. The van der Waals surface area contributed by atoms with Crippen LogP contribution < -0.4 is 10.6 Å². The summed E-state index contributed by atoms with van der Waals surface area (Å²) in [6.45, 7) is 0.726. The van der Waals surface area contributed by atoms with Gasteiger partial charge in [-0.15, -0.1) is 0 Å². The topological polar surface area (TPSA) is 89.2 Å². The molecule has 0 aliphatic carbocycles. The summed E-state index contributed by atoms with van der Waals surface area (Å²) in [5.41, 5.74) is -1.48. The molecule has 0 fully saturated rings. The maximum Gasteiger partial charge on any atom is 0.433 e. The number of urea groups is 1. The van der Waals surface area contributed by atoms with E-state index in [1.165, 1.54) is 30.5 Å². The van der Waals surface area contributed by atoms with Crippen LogP contribution in [-0.2, 0) is 12.4 Å². The Bertz CT molecular complexity index is 1270. The maximum absolute atomic E-state index is 14.4. The van der Waals surface area contributed by atoms with Gasteiger partial charge in [-0.3, -0.25) is 9.78 Å². The van der Waals surface area contributed by atoms with Crippen LogP contribution in [0, 0.1) is 12.7 Å². The Hall–Kier alpha value is -4.03. The number of imide groups is 1. The molecule has 6 nitrogen and oxygen atoms in total. The molecule has 1 aromatic carbocycles. The molecule has 0 saturated heterocycles. The Balaban J connectivity index is 2.27.